The number of fused-ring (bicyclic) bond motifs is 1. The first-order valence-electron chi connectivity index (χ1n) is 8.00. The lowest BCUT2D eigenvalue weighted by Gasteiger charge is -2.11. The Bertz CT molecular complexity index is 997. The van der Waals surface area contributed by atoms with Crippen LogP contribution in [0.2, 0.25) is 0 Å². The first kappa shape index (κ1) is 16.6. The van der Waals surface area contributed by atoms with E-state index in [2.05, 4.69) is 18.2 Å². The summed E-state index contributed by atoms with van der Waals surface area (Å²) in [6.45, 7) is 1.99. The van der Waals surface area contributed by atoms with E-state index in [-0.39, 0.29) is 0 Å². The monoisotopic (exact) mass is 329 g/mol. The van der Waals surface area contributed by atoms with Crippen LogP contribution >= 0.6 is 0 Å². The second-order valence-electron chi connectivity index (χ2n) is 5.80. The van der Waals surface area contributed by atoms with Gasteiger partial charge in [-0.25, -0.2) is 0 Å². The van der Waals surface area contributed by atoms with E-state index in [0.717, 1.165) is 27.5 Å². The molecule has 0 heterocycles. The van der Waals surface area contributed by atoms with Crippen LogP contribution in [0.4, 0.5) is 0 Å². The topological polar surface area (TPSA) is 42.2 Å². The highest BCUT2D eigenvalue weighted by Crippen LogP contribution is 2.32. The highest BCUT2D eigenvalue weighted by Gasteiger charge is 2.09. The molecule has 25 heavy (non-hydrogen) atoms. The fourth-order valence-electron chi connectivity index (χ4n) is 2.84. The molecule has 0 radical (unpaired) electrons. The van der Waals surface area contributed by atoms with Gasteiger partial charge in [0.1, 0.15) is 0 Å². The van der Waals surface area contributed by atoms with E-state index in [9.17, 15) is 5.26 Å². The summed E-state index contributed by atoms with van der Waals surface area (Å²) in [4.78, 5) is 0. The van der Waals surface area contributed by atoms with Gasteiger partial charge in [-0.2, -0.15) is 5.26 Å². The summed E-state index contributed by atoms with van der Waals surface area (Å²) in [6, 6.07) is 20.3. The lowest BCUT2D eigenvalue weighted by Crippen LogP contribution is -1.93. The quantitative estimate of drug-likeness (QED) is 0.486. The number of methoxy groups -OCH3 is 2. The van der Waals surface area contributed by atoms with Gasteiger partial charge in [0.05, 0.1) is 25.9 Å². The van der Waals surface area contributed by atoms with Gasteiger partial charge in [0, 0.05) is 0 Å². The van der Waals surface area contributed by atoms with E-state index in [4.69, 9.17) is 9.47 Å². The van der Waals surface area contributed by atoms with Gasteiger partial charge in [-0.3, -0.25) is 0 Å². The van der Waals surface area contributed by atoms with Crippen LogP contribution in [0.3, 0.4) is 0 Å². The van der Waals surface area contributed by atoms with Gasteiger partial charge in [0.2, 0.25) is 0 Å². The molecule has 3 aromatic rings. The van der Waals surface area contributed by atoms with Crippen LogP contribution in [0.1, 0.15) is 16.7 Å². The summed E-state index contributed by atoms with van der Waals surface area (Å²) in [7, 11) is 3.22. The molecule has 3 rings (SSSR count). The smallest absolute Gasteiger partial charge is 0.161 e. The van der Waals surface area contributed by atoms with E-state index in [1.807, 2.05) is 55.5 Å². The first-order valence-corrected chi connectivity index (χ1v) is 8.00. The van der Waals surface area contributed by atoms with Crippen LogP contribution in [0, 0.1) is 18.3 Å². The zero-order valence-electron chi connectivity index (χ0n) is 14.5. The Morgan fingerprint density at radius 1 is 0.920 bits per heavy atom. The third-order valence-electron chi connectivity index (χ3n) is 4.25. The van der Waals surface area contributed by atoms with Crippen LogP contribution in [-0.4, -0.2) is 14.2 Å². The van der Waals surface area contributed by atoms with Crippen LogP contribution < -0.4 is 9.47 Å². The fraction of sp³-hybridized carbons (Fsp3) is 0.136. The van der Waals surface area contributed by atoms with Crippen molar-refractivity contribution >= 4 is 22.4 Å². The molecule has 0 amide bonds. The lowest BCUT2D eigenvalue weighted by atomic mass is 9.98. The summed E-state index contributed by atoms with van der Waals surface area (Å²) in [5.41, 5.74) is 3.46. The highest BCUT2D eigenvalue weighted by atomic mass is 16.5. The maximum absolute atomic E-state index is 9.66. The minimum Gasteiger partial charge on any atom is -0.493 e. The number of hydrogen-bond acceptors (Lipinski definition) is 3. The van der Waals surface area contributed by atoms with Gasteiger partial charge < -0.3 is 9.47 Å². The van der Waals surface area contributed by atoms with Crippen LogP contribution in [0.15, 0.2) is 54.6 Å². The van der Waals surface area contributed by atoms with Gasteiger partial charge in [-0.05, 0) is 58.7 Å². The number of hydrogen-bond donors (Lipinski definition) is 0. The third-order valence-corrected chi connectivity index (χ3v) is 4.25. The zero-order valence-corrected chi connectivity index (χ0v) is 14.5. The van der Waals surface area contributed by atoms with Crippen molar-refractivity contribution in [1.29, 1.82) is 5.26 Å². The van der Waals surface area contributed by atoms with E-state index in [1.54, 1.807) is 14.2 Å². The molecule has 0 atom stereocenters. The molecule has 0 aliphatic carbocycles. The van der Waals surface area contributed by atoms with Crippen molar-refractivity contribution in [3.63, 3.8) is 0 Å². The molecule has 3 aromatic carbocycles. The maximum atomic E-state index is 9.66. The van der Waals surface area contributed by atoms with Crippen LogP contribution in [0.25, 0.3) is 22.4 Å². The van der Waals surface area contributed by atoms with Gasteiger partial charge >= 0.3 is 0 Å². The number of aryl methyl sites for hydroxylation is 1. The van der Waals surface area contributed by atoms with Gasteiger partial charge in [0.25, 0.3) is 0 Å². The molecule has 0 aliphatic heterocycles. The zero-order chi connectivity index (χ0) is 17.8. The number of nitriles is 1. The molecule has 0 aromatic heterocycles. The lowest BCUT2D eigenvalue weighted by molar-refractivity contribution is 0.354. The minimum absolute atomic E-state index is 0.612. The molecule has 124 valence electrons. The van der Waals surface area contributed by atoms with Gasteiger partial charge in [-0.15, -0.1) is 0 Å². The van der Waals surface area contributed by atoms with Crippen LogP contribution in [-0.2, 0) is 0 Å². The Morgan fingerprint density at radius 3 is 2.28 bits per heavy atom. The van der Waals surface area contributed by atoms with Crippen molar-refractivity contribution in [3.8, 4) is 17.6 Å². The SMILES string of the molecule is COc1cc(C)c(/C=C(/C#N)c2ccc3ccccc3c2)cc1OC. The fourth-order valence-corrected chi connectivity index (χ4v) is 2.84. The normalized spacial score (nSPS) is 11.2. The maximum Gasteiger partial charge on any atom is 0.161 e. The molecule has 0 unspecified atom stereocenters. The molecule has 0 saturated heterocycles. The largest absolute Gasteiger partial charge is 0.493 e. The van der Waals surface area contributed by atoms with E-state index in [0.29, 0.717) is 17.1 Å². The standard InChI is InChI=1S/C22H19NO2/c1-15-10-21(24-2)22(25-3)13-19(15)12-20(14-23)18-9-8-16-6-4-5-7-17(16)11-18/h4-13H,1-3H3/b20-12-. The predicted molar refractivity (Wildman–Crippen MR) is 102 cm³/mol. The summed E-state index contributed by atoms with van der Waals surface area (Å²) in [6.07, 6.45) is 1.89. The Hall–Kier alpha value is -3.25. The highest BCUT2D eigenvalue weighted by molar-refractivity contribution is 5.94. The number of rotatable bonds is 4. The predicted octanol–water partition coefficient (Wildman–Crippen LogP) is 5.23. The minimum atomic E-state index is 0.612. The number of allylic oxidation sites excluding steroid dienone is 1. The van der Waals surface area contributed by atoms with Crippen LogP contribution in [0.5, 0.6) is 11.5 Å². The molecule has 0 aliphatic rings. The van der Waals surface area contributed by atoms with Crippen molar-refractivity contribution < 1.29 is 9.47 Å². The Kier molecular flexibility index (Phi) is 4.72. The number of nitrogens with zero attached hydrogens (tertiary/aromatic N) is 1. The molecule has 0 fully saturated rings. The number of benzene rings is 3. The average Bonchev–Trinajstić information content (AvgIpc) is 2.66. The second-order valence-corrected chi connectivity index (χ2v) is 5.80. The summed E-state index contributed by atoms with van der Waals surface area (Å²) in [5.74, 6) is 1.33. The van der Waals surface area contributed by atoms with E-state index >= 15 is 0 Å². The van der Waals surface area contributed by atoms with E-state index < -0.39 is 0 Å². The Labute approximate surface area is 147 Å². The first-order chi connectivity index (χ1) is 12.2. The molecule has 3 heteroatoms. The Morgan fingerprint density at radius 2 is 1.60 bits per heavy atom. The van der Waals surface area contributed by atoms with Crippen molar-refractivity contribution in [1.82, 2.24) is 0 Å². The van der Waals surface area contributed by atoms with Gasteiger partial charge in [-0.1, -0.05) is 36.4 Å². The molecule has 0 saturated carbocycles. The third kappa shape index (κ3) is 3.34. The van der Waals surface area contributed by atoms with Gasteiger partial charge in [0.15, 0.2) is 11.5 Å². The Balaban J connectivity index is 2.09. The summed E-state index contributed by atoms with van der Waals surface area (Å²) < 4.78 is 10.7. The molecule has 0 bridgehead atoms. The van der Waals surface area contributed by atoms with Crippen molar-refractivity contribution in [2.45, 2.75) is 6.92 Å². The molecule has 0 spiro atoms. The average molecular weight is 329 g/mol. The summed E-state index contributed by atoms with van der Waals surface area (Å²) >= 11 is 0. The van der Waals surface area contributed by atoms with Crippen molar-refractivity contribution in [2.24, 2.45) is 0 Å². The molecule has 3 nitrogen and oxygen atoms in total. The summed E-state index contributed by atoms with van der Waals surface area (Å²) in [5, 5.41) is 11.9. The van der Waals surface area contributed by atoms with Crippen molar-refractivity contribution in [3.05, 3.63) is 71.3 Å². The van der Waals surface area contributed by atoms with Crippen molar-refractivity contribution in [2.75, 3.05) is 14.2 Å². The second kappa shape index (κ2) is 7.11. The molecular weight excluding hydrogens is 310 g/mol. The molecular formula is C22H19NO2. The number of ether oxygens (including phenoxy) is 2. The molecule has 0 N–H and O–H groups in total. The van der Waals surface area contributed by atoms with E-state index in [1.165, 1.54) is 0 Å².